The third-order valence-corrected chi connectivity index (χ3v) is 6.71. The maximum absolute atomic E-state index is 14.0. The standard InChI is InChI=1S/C30H30F3NO/c1-21-24(11-8-12-27(21)25-9-4-3-5-10-25)16-17-26-15-14-23(19-28(26)30(31,32)33)20-34-18-7-6-13-29(34)22(2)35/h3-5,8-12,14-17,19,29,35H,2,6-7,13,18,20H2,1H3/b17-16+/t29-/m0/s1. The Morgan fingerprint density at radius 3 is 2.46 bits per heavy atom. The minimum absolute atomic E-state index is 0.0772. The lowest BCUT2D eigenvalue weighted by Crippen LogP contribution is -2.40. The van der Waals surface area contributed by atoms with Crippen LogP contribution in [0.5, 0.6) is 0 Å². The first kappa shape index (κ1) is 24.8. The van der Waals surface area contributed by atoms with E-state index in [9.17, 15) is 18.3 Å². The number of benzene rings is 3. The molecule has 1 aliphatic heterocycles. The molecule has 182 valence electrons. The summed E-state index contributed by atoms with van der Waals surface area (Å²) in [4.78, 5) is 2.01. The molecule has 0 radical (unpaired) electrons. The van der Waals surface area contributed by atoms with Gasteiger partial charge in [0.15, 0.2) is 0 Å². The Kier molecular flexibility index (Phi) is 7.46. The molecular formula is C30H30F3NO. The molecule has 3 aromatic carbocycles. The highest BCUT2D eigenvalue weighted by molar-refractivity contribution is 5.78. The van der Waals surface area contributed by atoms with Gasteiger partial charge in [-0.05, 0) is 65.8 Å². The molecule has 0 bridgehead atoms. The van der Waals surface area contributed by atoms with Gasteiger partial charge in [0.2, 0.25) is 0 Å². The lowest BCUT2D eigenvalue weighted by Gasteiger charge is -2.35. The topological polar surface area (TPSA) is 23.5 Å². The van der Waals surface area contributed by atoms with Crippen molar-refractivity contribution in [1.29, 1.82) is 0 Å². The van der Waals surface area contributed by atoms with E-state index in [4.69, 9.17) is 0 Å². The SMILES string of the molecule is C=C(O)[C@@H]1CCCCN1Cc1ccc(/C=C/c2cccc(-c3ccccc3)c2C)c(C(F)(F)F)c1. The van der Waals surface area contributed by atoms with E-state index in [1.165, 1.54) is 12.1 Å². The fourth-order valence-corrected chi connectivity index (χ4v) is 4.83. The van der Waals surface area contributed by atoms with Gasteiger partial charge in [-0.1, -0.05) is 85.8 Å². The molecule has 35 heavy (non-hydrogen) atoms. The third-order valence-electron chi connectivity index (χ3n) is 6.71. The quantitative estimate of drug-likeness (QED) is 0.285. The van der Waals surface area contributed by atoms with Gasteiger partial charge in [0.25, 0.3) is 0 Å². The molecule has 3 aromatic rings. The van der Waals surface area contributed by atoms with Crippen molar-refractivity contribution in [2.24, 2.45) is 0 Å². The number of piperidine rings is 1. The maximum Gasteiger partial charge on any atom is 0.416 e. The largest absolute Gasteiger partial charge is 0.511 e. The summed E-state index contributed by atoms with van der Waals surface area (Å²) in [5, 5.41) is 9.92. The molecule has 1 N–H and O–H groups in total. The predicted molar refractivity (Wildman–Crippen MR) is 137 cm³/mol. The average Bonchev–Trinajstić information content (AvgIpc) is 2.84. The van der Waals surface area contributed by atoms with E-state index in [1.54, 1.807) is 18.2 Å². The molecule has 0 aliphatic carbocycles. The molecule has 0 amide bonds. The molecule has 1 atom stereocenters. The van der Waals surface area contributed by atoms with Gasteiger partial charge in [0.1, 0.15) is 5.76 Å². The van der Waals surface area contributed by atoms with Crippen LogP contribution in [0.15, 0.2) is 79.1 Å². The molecule has 1 saturated heterocycles. The molecule has 0 saturated carbocycles. The second-order valence-corrected chi connectivity index (χ2v) is 9.11. The Bertz CT molecular complexity index is 1210. The molecule has 1 fully saturated rings. The maximum atomic E-state index is 14.0. The highest BCUT2D eigenvalue weighted by Gasteiger charge is 2.33. The summed E-state index contributed by atoms with van der Waals surface area (Å²) in [6.07, 6.45) is 1.52. The van der Waals surface area contributed by atoms with Gasteiger partial charge in [-0.25, -0.2) is 0 Å². The molecule has 2 nitrogen and oxygen atoms in total. The Morgan fingerprint density at radius 1 is 1.00 bits per heavy atom. The van der Waals surface area contributed by atoms with Crippen molar-refractivity contribution in [3.63, 3.8) is 0 Å². The van der Waals surface area contributed by atoms with Crippen LogP contribution in [0.3, 0.4) is 0 Å². The van der Waals surface area contributed by atoms with Crippen LogP contribution in [-0.2, 0) is 12.7 Å². The Labute approximate surface area is 205 Å². The van der Waals surface area contributed by atoms with E-state index in [-0.39, 0.29) is 17.4 Å². The summed E-state index contributed by atoms with van der Waals surface area (Å²) in [6, 6.07) is 20.1. The monoisotopic (exact) mass is 477 g/mol. The molecule has 1 heterocycles. The van der Waals surface area contributed by atoms with Crippen molar-refractivity contribution in [1.82, 2.24) is 4.90 Å². The Hall–Kier alpha value is -3.31. The second-order valence-electron chi connectivity index (χ2n) is 9.11. The van der Waals surface area contributed by atoms with E-state index in [0.717, 1.165) is 48.1 Å². The van der Waals surface area contributed by atoms with E-state index in [2.05, 4.69) is 6.58 Å². The molecule has 0 spiro atoms. The zero-order valence-electron chi connectivity index (χ0n) is 19.9. The third kappa shape index (κ3) is 5.85. The van der Waals surface area contributed by atoms with Gasteiger partial charge in [0.05, 0.1) is 11.6 Å². The van der Waals surface area contributed by atoms with Crippen LogP contribution in [0.25, 0.3) is 23.3 Å². The van der Waals surface area contributed by atoms with Crippen molar-refractivity contribution in [3.05, 3.63) is 107 Å². The van der Waals surface area contributed by atoms with Gasteiger partial charge in [-0.15, -0.1) is 0 Å². The van der Waals surface area contributed by atoms with Gasteiger partial charge >= 0.3 is 6.18 Å². The van der Waals surface area contributed by atoms with Crippen LogP contribution in [0.2, 0.25) is 0 Å². The van der Waals surface area contributed by atoms with E-state index in [0.29, 0.717) is 12.1 Å². The number of likely N-dealkylation sites (tertiary alicyclic amines) is 1. The van der Waals surface area contributed by atoms with E-state index in [1.807, 2.05) is 60.4 Å². The fraction of sp³-hybridized carbons (Fsp3) is 0.267. The smallest absolute Gasteiger partial charge is 0.416 e. The van der Waals surface area contributed by atoms with Crippen molar-refractivity contribution in [3.8, 4) is 11.1 Å². The van der Waals surface area contributed by atoms with Crippen molar-refractivity contribution >= 4 is 12.2 Å². The summed E-state index contributed by atoms with van der Waals surface area (Å²) in [7, 11) is 0. The number of rotatable bonds is 6. The zero-order chi connectivity index (χ0) is 25.0. The molecule has 5 heteroatoms. The molecule has 0 unspecified atom stereocenters. The summed E-state index contributed by atoms with van der Waals surface area (Å²) < 4.78 is 42.0. The van der Waals surface area contributed by atoms with Crippen molar-refractivity contribution < 1.29 is 18.3 Å². The number of hydrogen-bond acceptors (Lipinski definition) is 2. The van der Waals surface area contributed by atoms with Crippen LogP contribution in [-0.4, -0.2) is 22.6 Å². The summed E-state index contributed by atoms with van der Waals surface area (Å²) in [5.74, 6) is 0.0772. The average molecular weight is 478 g/mol. The normalized spacial score (nSPS) is 17.1. The first-order valence-electron chi connectivity index (χ1n) is 11.9. The van der Waals surface area contributed by atoms with Crippen molar-refractivity contribution in [2.75, 3.05) is 6.54 Å². The predicted octanol–water partition coefficient (Wildman–Crippen LogP) is 8.28. The zero-order valence-corrected chi connectivity index (χ0v) is 19.9. The number of nitrogens with zero attached hydrogens (tertiary/aromatic N) is 1. The number of hydrogen-bond donors (Lipinski definition) is 1. The number of halogens is 3. The minimum atomic E-state index is -4.47. The van der Waals surface area contributed by atoms with Gasteiger partial charge in [-0.2, -0.15) is 13.2 Å². The van der Waals surface area contributed by atoms with Gasteiger partial charge < -0.3 is 5.11 Å². The number of alkyl halides is 3. The lowest BCUT2D eigenvalue weighted by atomic mass is 9.95. The van der Waals surface area contributed by atoms with Crippen LogP contribution < -0.4 is 0 Å². The first-order chi connectivity index (χ1) is 16.7. The molecular weight excluding hydrogens is 447 g/mol. The molecule has 1 aliphatic rings. The highest BCUT2D eigenvalue weighted by Crippen LogP contribution is 2.35. The summed E-state index contributed by atoms with van der Waals surface area (Å²) >= 11 is 0. The van der Waals surface area contributed by atoms with Crippen LogP contribution >= 0.6 is 0 Å². The van der Waals surface area contributed by atoms with Crippen LogP contribution in [0.1, 0.15) is 47.1 Å². The van der Waals surface area contributed by atoms with Gasteiger partial charge in [-0.3, -0.25) is 4.90 Å². The Morgan fingerprint density at radius 2 is 1.74 bits per heavy atom. The Balaban J connectivity index is 1.63. The molecule has 4 rings (SSSR count). The van der Waals surface area contributed by atoms with E-state index < -0.39 is 11.7 Å². The van der Waals surface area contributed by atoms with Crippen LogP contribution in [0.4, 0.5) is 13.2 Å². The number of aliphatic hydroxyl groups excluding tert-OH is 1. The second kappa shape index (κ2) is 10.5. The number of aliphatic hydroxyl groups is 1. The van der Waals surface area contributed by atoms with Gasteiger partial charge in [0, 0.05) is 6.54 Å². The van der Waals surface area contributed by atoms with Crippen LogP contribution in [0, 0.1) is 6.92 Å². The molecule has 0 aromatic heterocycles. The first-order valence-corrected chi connectivity index (χ1v) is 11.9. The highest BCUT2D eigenvalue weighted by atomic mass is 19.4. The summed E-state index contributed by atoms with van der Waals surface area (Å²) in [6.45, 7) is 6.71. The summed E-state index contributed by atoms with van der Waals surface area (Å²) in [5.41, 5.74) is 4.07. The minimum Gasteiger partial charge on any atom is -0.511 e. The van der Waals surface area contributed by atoms with E-state index >= 15 is 0 Å². The van der Waals surface area contributed by atoms with Crippen molar-refractivity contribution in [2.45, 2.75) is 44.9 Å². The fourth-order valence-electron chi connectivity index (χ4n) is 4.83. The lowest BCUT2D eigenvalue weighted by molar-refractivity contribution is -0.137.